The topological polar surface area (TPSA) is 56.9 Å². The molecule has 0 aliphatic heterocycles. The SMILES string of the molecule is N#Cc1cc2c(c3c1C1CC4CC(C1)CC3C4)c1cc3c4c5c(ccc4n(-c4c(-c6ccccc6)cccc4-c4ccccc4)c3c3c4c6c(c(C#N)cc4n2c13)C1CC2CC(C1)CC6C2)C1CC2CC(C1)CC5C2. The zero-order valence-electron chi connectivity index (χ0n) is 42.7. The fourth-order valence-electron chi connectivity index (χ4n) is 21.0. The Bertz CT molecular complexity index is 4190. The molecule has 0 amide bonds. The second kappa shape index (κ2) is 14.5. The van der Waals surface area contributed by atoms with Crippen molar-refractivity contribution in [3.05, 3.63) is 154 Å². The molecule has 3 heterocycles. The first-order valence-electron chi connectivity index (χ1n) is 29.5. The maximum Gasteiger partial charge on any atom is 0.0995 e. The summed E-state index contributed by atoms with van der Waals surface area (Å²) in [6, 6.07) is 48.1. The first kappa shape index (κ1) is 41.4. The van der Waals surface area contributed by atoms with E-state index < -0.39 is 0 Å². The fourth-order valence-corrected chi connectivity index (χ4v) is 21.0. The summed E-state index contributed by atoms with van der Waals surface area (Å²) in [5.74, 6) is 7.48. The summed E-state index contributed by atoms with van der Waals surface area (Å²) >= 11 is 0. The van der Waals surface area contributed by atoms with E-state index >= 15 is 0 Å². The smallest absolute Gasteiger partial charge is 0.0995 e. The monoisotopic (exact) mass is 968 g/mol. The number of rotatable bonds is 3. The predicted molar refractivity (Wildman–Crippen MR) is 302 cm³/mol. The highest BCUT2D eigenvalue weighted by Gasteiger charge is 2.48. The van der Waals surface area contributed by atoms with Crippen molar-refractivity contribution >= 4 is 59.9 Å². The van der Waals surface area contributed by atoms with Gasteiger partial charge in [0.15, 0.2) is 0 Å². The molecule has 0 N–H and O–H groups in total. The van der Waals surface area contributed by atoms with Crippen LogP contribution in [0.2, 0.25) is 0 Å². The van der Waals surface area contributed by atoms with Gasteiger partial charge in [-0.2, -0.15) is 10.5 Å². The van der Waals surface area contributed by atoms with E-state index in [1.807, 2.05) is 0 Å². The van der Waals surface area contributed by atoms with Crippen LogP contribution in [0.15, 0.2) is 109 Å². The molecule has 4 heteroatoms. The third-order valence-corrected chi connectivity index (χ3v) is 22.8. The van der Waals surface area contributed by atoms with E-state index in [-0.39, 0.29) is 0 Å². The zero-order chi connectivity index (χ0) is 48.7. The summed E-state index contributed by atoms with van der Waals surface area (Å²) in [6.45, 7) is 0. The molecule has 22 rings (SSSR count). The molecule has 3 aromatic heterocycles. The molecule has 0 saturated heterocycles. The van der Waals surface area contributed by atoms with Crippen molar-refractivity contribution in [1.29, 1.82) is 10.5 Å². The highest BCUT2D eigenvalue weighted by molar-refractivity contribution is 6.36. The Balaban J connectivity index is 1.09. The maximum atomic E-state index is 11.6. The van der Waals surface area contributed by atoms with Crippen molar-refractivity contribution in [2.24, 2.45) is 35.5 Å². The van der Waals surface area contributed by atoms with Gasteiger partial charge in [0.1, 0.15) is 0 Å². The minimum atomic E-state index is 0.421. The number of nitrogens with zero attached hydrogens (tertiary/aromatic N) is 4. The Morgan fingerprint density at radius 2 is 0.800 bits per heavy atom. The van der Waals surface area contributed by atoms with Crippen LogP contribution in [0.4, 0.5) is 0 Å². The molecule has 7 aromatic carbocycles. The molecule has 12 bridgehead atoms. The first-order chi connectivity index (χ1) is 37.0. The summed E-state index contributed by atoms with van der Waals surface area (Å²) in [5.41, 5.74) is 23.6. The van der Waals surface area contributed by atoms with E-state index in [4.69, 9.17) is 0 Å². The van der Waals surface area contributed by atoms with Gasteiger partial charge in [-0.25, -0.2) is 0 Å². The number of hydrogen-bond acceptors (Lipinski definition) is 2. The normalized spacial score (nSPS) is 30.4. The van der Waals surface area contributed by atoms with Crippen LogP contribution in [-0.2, 0) is 0 Å². The molecular formula is C71H60N4. The third-order valence-electron chi connectivity index (χ3n) is 22.8. The van der Waals surface area contributed by atoms with Crippen molar-refractivity contribution in [2.75, 3.05) is 0 Å². The van der Waals surface area contributed by atoms with Crippen molar-refractivity contribution in [3.63, 3.8) is 0 Å². The van der Waals surface area contributed by atoms with Crippen LogP contribution < -0.4 is 0 Å². The summed E-state index contributed by atoms with van der Waals surface area (Å²) in [7, 11) is 0. The Hall–Kier alpha value is -6.88. The molecule has 12 aliphatic rings. The maximum absolute atomic E-state index is 11.6. The molecule has 0 radical (unpaired) electrons. The van der Waals surface area contributed by atoms with Gasteiger partial charge >= 0.3 is 0 Å². The molecule has 6 atom stereocenters. The average molecular weight is 969 g/mol. The number of benzene rings is 7. The van der Waals surface area contributed by atoms with Gasteiger partial charge in [-0.3, -0.25) is 0 Å². The van der Waals surface area contributed by atoms with Gasteiger partial charge in [0.25, 0.3) is 0 Å². The molecule has 6 fully saturated rings. The second-order valence-corrected chi connectivity index (χ2v) is 26.5. The lowest BCUT2D eigenvalue weighted by molar-refractivity contribution is 0.166. The lowest BCUT2D eigenvalue weighted by Crippen LogP contribution is -2.25. The summed E-state index contributed by atoms with van der Waals surface area (Å²) in [4.78, 5) is 0. The van der Waals surface area contributed by atoms with Crippen LogP contribution in [-0.4, -0.2) is 8.97 Å². The van der Waals surface area contributed by atoms with Gasteiger partial charge in [-0.15, -0.1) is 0 Å². The van der Waals surface area contributed by atoms with Gasteiger partial charge in [-0.05, 0) is 236 Å². The van der Waals surface area contributed by atoms with E-state index in [9.17, 15) is 10.5 Å². The van der Waals surface area contributed by atoms with Gasteiger partial charge in [0.2, 0.25) is 0 Å². The first-order valence-corrected chi connectivity index (χ1v) is 29.5. The third kappa shape index (κ3) is 5.28. The molecule has 6 unspecified atom stereocenters. The Morgan fingerprint density at radius 1 is 0.360 bits per heavy atom. The zero-order valence-corrected chi connectivity index (χ0v) is 42.7. The lowest BCUT2D eigenvalue weighted by atomic mass is 9.67. The summed E-state index contributed by atoms with van der Waals surface area (Å²) in [5, 5.41) is 31.6. The van der Waals surface area contributed by atoms with Crippen molar-refractivity contribution in [2.45, 2.75) is 132 Å². The van der Waals surface area contributed by atoms with Gasteiger partial charge in [0, 0.05) is 43.4 Å². The van der Waals surface area contributed by atoms with Crippen molar-refractivity contribution in [3.8, 4) is 40.1 Å². The molecule has 6 saturated carbocycles. The molecule has 12 aliphatic carbocycles. The molecule has 364 valence electrons. The van der Waals surface area contributed by atoms with Gasteiger partial charge < -0.3 is 8.97 Å². The number of hydrogen-bond donors (Lipinski definition) is 0. The lowest BCUT2D eigenvalue weighted by Gasteiger charge is -2.38. The number of nitriles is 2. The molecule has 75 heavy (non-hydrogen) atoms. The van der Waals surface area contributed by atoms with Crippen LogP contribution >= 0.6 is 0 Å². The highest BCUT2D eigenvalue weighted by atomic mass is 15.0. The van der Waals surface area contributed by atoms with Gasteiger partial charge in [0.05, 0.1) is 56.5 Å². The van der Waals surface area contributed by atoms with Crippen LogP contribution in [0.5, 0.6) is 0 Å². The van der Waals surface area contributed by atoms with Crippen LogP contribution in [0.25, 0.3) is 87.8 Å². The molecule has 0 spiro atoms. The largest absolute Gasteiger partial charge is 0.308 e. The second-order valence-electron chi connectivity index (χ2n) is 26.5. The number of aromatic nitrogens is 2. The minimum absolute atomic E-state index is 0.421. The van der Waals surface area contributed by atoms with E-state index in [1.165, 1.54) is 206 Å². The molecule has 4 nitrogen and oxygen atoms in total. The standard InChI is InChI=1S/C71H60N4/c72-34-50-31-58-66(63-48-27-38-17-39(28-48)22-45(21-38)60(50)63)56-33-55-65-57(15-14-52-44-19-36-16-37(20-44)26-47(25-36)62(52)65)75(69-53(42-8-3-1-4-9-42)12-7-13-54(69)43-10-5-2-6-11-43)71(55)68-67-59(74(58)70(56)68)32-51(35-73)61-46-23-40-18-41(24-46)30-49(29-40)64(61)67/h1-15,31-33,36-41,44-49H,16-30H2. The Kier molecular flexibility index (Phi) is 8.02. The van der Waals surface area contributed by atoms with Crippen molar-refractivity contribution in [1.82, 2.24) is 8.97 Å². The van der Waals surface area contributed by atoms with Crippen LogP contribution in [0.3, 0.4) is 0 Å². The highest BCUT2D eigenvalue weighted by Crippen LogP contribution is 2.64. The Labute approximate surface area is 438 Å². The fraction of sp³-hybridized carbons (Fsp3) is 0.380. The van der Waals surface area contributed by atoms with E-state index in [0.29, 0.717) is 35.5 Å². The number of fused-ring (bicyclic) bond motifs is 10. The quantitative estimate of drug-likeness (QED) is 0.177. The summed E-state index contributed by atoms with van der Waals surface area (Å²) in [6.07, 6.45) is 19.3. The van der Waals surface area contributed by atoms with E-state index in [0.717, 1.165) is 46.6 Å². The van der Waals surface area contributed by atoms with Crippen molar-refractivity contribution < 1.29 is 0 Å². The Morgan fingerprint density at radius 3 is 1.32 bits per heavy atom. The minimum Gasteiger partial charge on any atom is -0.308 e. The predicted octanol–water partition coefficient (Wildman–Crippen LogP) is 18.2. The van der Waals surface area contributed by atoms with Gasteiger partial charge in [-0.1, -0.05) is 84.9 Å². The van der Waals surface area contributed by atoms with Crippen LogP contribution in [0.1, 0.15) is 176 Å². The summed E-state index contributed by atoms with van der Waals surface area (Å²) < 4.78 is 5.48. The molecular weight excluding hydrogens is 909 g/mol. The molecule has 10 aromatic rings. The van der Waals surface area contributed by atoms with E-state index in [2.05, 4.69) is 130 Å². The van der Waals surface area contributed by atoms with Crippen LogP contribution in [0, 0.1) is 58.2 Å². The average Bonchev–Trinajstić information content (AvgIpc) is 4.10. The number of para-hydroxylation sites is 1. The van der Waals surface area contributed by atoms with E-state index in [1.54, 1.807) is 11.1 Å².